The van der Waals surface area contributed by atoms with Gasteiger partial charge in [-0.2, -0.15) is 4.31 Å². The molecule has 1 amide bonds. The largest absolute Gasteiger partial charge is 0.339 e. The molecule has 2 aromatic rings. The van der Waals surface area contributed by atoms with Crippen LogP contribution in [0.25, 0.3) is 0 Å². The Morgan fingerprint density at radius 2 is 1.71 bits per heavy atom. The number of aryl methyl sites for hydroxylation is 1. The average Bonchev–Trinajstić information content (AvgIpc) is 2.72. The van der Waals surface area contributed by atoms with Gasteiger partial charge in [0.15, 0.2) is 0 Å². The lowest BCUT2D eigenvalue weighted by atomic mass is 10.2. The zero-order chi connectivity index (χ0) is 20.1. The summed E-state index contributed by atoms with van der Waals surface area (Å²) >= 11 is 1.62. The van der Waals surface area contributed by atoms with Crippen molar-refractivity contribution in [2.24, 2.45) is 0 Å². The molecule has 150 valence electrons. The lowest BCUT2D eigenvalue weighted by Gasteiger charge is -2.35. The molecule has 2 aromatic carbocycles. The van der Waals surface area contributed by atoms with Crippen LogP contribution < -0.4 is 0 Å². The first kappa shape index (κ1) is 20.9. The van der Waals surface area contributed by atoms with Crippen LogP contribution in [-0.2, 0) is 20.6 Å². The van der Waals surface area contributed by atoms with Crippen molar-refractivity contribution in [3.8, 4) is 0 Å². The molecule has 1 fully saturated rings. The molecule has 1 aliphatic rings. The standard InChI is InChI=1S/C21H26N2O3S2/c1-17-7-6-8-19(15-17)16-27-18(2)21(24)22-11-13-23(14-12-22)28(25,26)20-9-4-3-5-10-20/h3-10,15,18H,11-14,16H2,1-2H3/t18-/m0/s1. The maximum Gasteiger partial charge on any atom is 0.243 e. The van der Waals surface area contributed by atoms with E-state index in [1.165, 1.54) is 15.4 Å². The number of rotatable bonds is 6. The molecule has 1 aliphatic heterocycles. The van der Waals surface area contributed by atoms with E-state index in [0.29, 0.717) is 31.1 Å². The number of carbonyl (C=O) groups is 1. The van der Waals surface area contributed by atoms with Crippen LogP contribution in [0.3, 0.4) is 0 Å². The van der Waals surface area contributed by atoms with Crippen molar-refractivity contribution >= 4 is 27.7 Å². The second-order valence-corrected chi connectivity index (χ2v) is 10.3. The Bertz CT molecular complexity index is 908. The highest BCUT2D eigenvalue weighted by atomic mass is 32.2. The van der Waals surface area contributed by atoms with Crippen molar-refractivity contribution in [1.82, 2.24) is 9.21 Å². The minimum Gasteiger partial charge on any atom is -0.339 e. The molecule has 3 rings (SSSR count). The smallest absolute Gasteiger partial charge is 0.243 e. The van der Waals surface area contributed by atoms with E-state index in [1.807, 2.05) is 13.0 Å². The summed E-state index contributed by atoms with van der Waals surface area (Å²) in [6, 6.07) is 16.8. The third-order valence-corrected chi connectivity index (χ3v) is 7.98. The van der Waals surface area contributed by atoms with Crippen LogP contribution >= 0.6 is 11.8 Å². The fraction of sp³-hybridized carbons (Fsp3) is 0.381. The lowest BCUT2D eigenvalue weighted by molar-refractivity contribution is -0.131. The van der Waals surface area contributed by atoms with Crippen LogP contribution in [0.1, 0.15) is 18.1 Å². The Morgan fingerprint density at radius 1 is 1.04 bits per heavy atom. The van der Waals surface area contributed by atoms with Crippen molar-refractivity contribution in [3.63, 3.8) is 0 Å². The van der Waals surface area contributed by atoms with E-state index in [2.05, 4.69) is 25.1 Å². The quantitative estimate of drug-likeness (QED) is 0.723. The summed E-state index contributed by atoms with van der Waals surface area (Å²) in [6.07, 6.45) is 0. The van der Waals surface area contributed by atoms with E-state index in [1.54, 1.807) is 47.0 Å². The van der Waals surface area contributed by atoms with Gasteiger partial charge in [0.05, 0.1) is 10.1 Å². The second kappa shape index (κ2) is 9.11. The third-order valence-electron chi connectivity index (χ3n) is 4.86. The molecule has 1 atom stereocenters. The molecule has 0 radical (unpaired) electrons. The molecular formula is C21H26N2O3S2. The van der Waals surface area contributed by atoms with Gasteiger partial charge in [-0.25, -0.2) is 8.42 Å². The zero-order valence-electron chi connectivity index (χ0n) is 16.2. The highest BCUT2D eigenvalue weighted by molar-refractivity contribution is 7.99. The van der Waals surface area contributed by atoms with Gasteiger partial charge in [-0.3, -0.25) is 4.79 Å². The molecule has 1 heterocycles. The van der Waals surface area contributed by atoms with Crippen molar-refractivity contribution in [2.45, 2.75) is 29.7 Å². The number of benzene rings is 2. The molecule has 0 aromatic heterocycles. The van der Waals surface area contributed by atoms with E-state index in [9.17, 15) is 13.2 Å². The Kier molecular flexibility index (Phi) is 6.80. The SMILES string of the molecule is Cc1cccc(CS[C@@H](C)C(=O)N2CCN(S(=O)(=O)c3ccccc3)CC2)c1. The van der Waals surface area contributed by atoms with Gasteiger partial charge in [0.25, 0.3) is 0 Å². The Hall–Kier alpha value is -1.83. The van der Waals surface area contributed by atoms with Gasteiger partial charge in [-0.15, -0.1) is 11.8 Å². The Balaban J connectivity index is 1.53. The van der Waals surface area contributed by atoms with E-state index in [4.69, 9.17) is 0 Å². The summed E-state index contributed by atoms with van der Waals surface area (Å²) < 4.78 is 26.9. The average molecular weight is 419 g/mol. The first-order valence-electron chi connectivity index (χ1n) is 9.39. The number of carbonyl (C=O) groups excluding carboxylic acids is 1. The number of hydrogen-bond acceptors (Lipinski definition) is 4. The molecule has 28 heavy (non-hydrogen) atoms. The molecular weight excluding hydrogens is 392 g/mol. The van der Waals surface area contributed by atoms with Gasteiger partial charge in [0, 0.05) is 31.9 Å². The molecule has 0 N–H and O–H groups in total. The fourth-order valence-corrected chi connectivity index (χ4v) is 5.60. The predicted molar refractivity (Wildman–Crippen MR) is 114 cm³/mol. The van der Waals surface area contributed by atoms with Gasteiger partial charge in [0.1, 0.15) is 0 Å². The van der Waals surface area contributed by atoms with Crippen molar-refractivity contribution in [1.29, 1.82) is 0 Å². The molecule has 0 saturated carbocycles. The maximum atomic E-state index is 12.7. The number of nitrogens with zero attached hydrogens (tertiary/aromatic N) is 2. The first-order valence-corrected chi connectivity index (χ1v) is 11.9. The summed E-state index contributed by atoms with van der Waals surface area (Å²) in [6.45, 7) is 5.51. The van der Waals surface area contributed by atoms with Gasteiger partial charge < -0.3 is 4.90 Å². The Labute approximate surface area is 171 Å². The molecule has 5 nitrogen and oxygen atoms in total. The number of amides is 1. The monoisotopic (exact) mass is 418 g/mol. The summed E-state index contributed by atoms with van der Waals surface area (Å²) in [5.74, 6) is 0.867. The summed E-state index contributed by atoms with van der Waals surface area (Å²) in [5, 5.41) is -0.155. The zero-order valence-corrected chi connectivity index (χ0v) is 17.9. The minimum absolute atomic E-state index is 0.0782. The van der Waals surface area contributed by atoms with Crippen molar-refractivity contribution in [3.05, 3.63) is 65.7 Å². The summed E-state index contributed by atoms with van der Waals surface area (Å²) in [5.41, 5.74) is 2.43. The predicted octanol–water partition coefficient (Wildman–Crippen LogP) is 3.15. The fourth-order valence-electron chi connectivity index (χ4n) is 3.24. The topological polar surface area (TPSA) is 57.7 Å². The van der Waals surface area contributed by atoms with Crippen molar-refractivity contribution in [2.75, 3.05) is 26.2 Å². The number of thioether (sulfide) groups is 1. The molecule has 0 spiro atoms. The van der Waals surface area contributed by atoms with Crippen LogP contribution in [0, 0.1) is 6.92 Å². The highest BCUT2D eigenvalue weighted by Gasteiger charge is 2.31. The molecule has 0 unspecified atom stereocenters. The first-order chi connectivity index (χ1) is 13.4. The maximum absolute atomic E-state index is 12.7. The number of piperazine rings is 1. The van der Waals surface area contributed by atoms with Crippen LogP contribution in [0.15, 0.2) is 59.5 Å². The lowest BCUT2D eigenvalue weighted by Crippen LogP contribution is -2.52. The molecule has 0 aliphatic carbocycles. The molecule has 1 saturated heterocycles. The van der Waals surface area contributed by atoms with Gasteiger partial charge >= 0.3 is 0 Å². The molecule has 7 heteroatoms. The number of sulfonamides is 1. The van der Waals surface area contributed by atoms with Crippen LogP contribution in [-0.4, -0.2) is 55.0 Å². The van der Waals surface area contributed by atoms with Crippen LogP contribution in [0.5, 0.6) is 0 Å². The second-order valence-electron chi connectivity index (χ2n) is 6.98. The van der Waals surface area contributed by atoms with Gasteiger partial charge in [-0.05, 0) is 31.5 Å². The normalized spacial score (nSPS) is 16.7. The third kappa shape index (κ3) is 4.96. The van der Waals surface area contributed by atoms with Crippen LogP contribution in [0.2, 0.25) is 0 Å². The van der Waals surface area contributed by atoms with Crippen molar-refractivity contribution < 1.29 is 13.2 Å². The van der Waals surface area contributed by atoms with E-state index in [-0.39, 0.29) is 11.2 Å². The summed E-state index contributed by atoms with van der Waals surface area (Å²) in [4.78, 5) is 14.8. The minimum atomic E-state index is -3.49. The summed E-state index contributed by atoms with van der Waals surface area (Å²) in [7, 11) is -3.49. The van der Waals surface area contributed by atoms with Crippen LogP contribution in [0.4, 0.5) is 0 Å². The van der Waals surface area contributed by atoms with Gasteiger partial charge in [-0.1, -0.05) is 48.0 Å². The molecule has 0 bridgehead atoms. The highest BCUT2D eigenvalue weighted by Crippen LogP contribution is 2.22. The van der Waals surface area contributed by atoms with E-state index in [0.717, 1.165) is 5.75 Å². The van der Waals surface area contributed by atoms with E-state index < -0.39 is 10.0 Å². The van der Waals surface area contributed by atoms with Gasteiger partial charge in [0.2, 0.25) is 15.9 Å². The Morgan fingerprint density at radius 3 is 2.36 bits per heavy atom. The number of hydrogen-bond donors (Lipinski definition) is 0. The van der Waals surface area contributed by atoms with E-state index >= 15 is 0 Å².